The Morgan fingerprint density at radius 3 is 2.41 bits per heavy atom. The lowest BCUT2D eigenvalue weighted by Crippen LogP contribution is -2.38. The van der Waals surface area contributed by atoms with Crippen LogP contribution in [-0.2, 0) is 6.54 Å². The Morgan fingerprint density at radius 2 is 1.66 bits per heavy atom. The van der Waals surface area contributed by atoms with E-state index in [1.54, 1.807) is 0 Å². The van der Waals surface area contributed by atoms with Gasteiger partial charge in [-0.2, -0.15) is 5.10 Å². The van der Waals surface area contributed by atoms with Crippen LogP contribution in [0.1, 0.15) is 42.4 Å². The Bertz CT molecular complexity index is 1660. The van der Waals surface area contributed by atoms with E-state index in [4.69, 9.17) is 14.6 Å². The summed E-state index contributed by atoms with van der Waals surface area (Å²) in [6.45, 7) is 7.42. The highest BCUT2D eigenvalue weighted by Crippen LogP contribution is 2.39. The summed E-state index contributed by atoms with van der Waals surface area (Å²) in [5.41, 5.74) is 5.41. The van der Waals surface area contributed by atoms with Gasteiger partial charge < -0.3 is 24.3 Å². The zero-order chi connectivity index (χ0) is 28.3. The maximum absolute atomic E-state index is 14.2. The van der Waals surface area contributed by atoms with Crippen molar-refractivity contribution in [1.29, 1.82) is 0 Å². The largest absolute Gasteiger partial charge is 0.494 e. The van der Waals surface area contributed by atoms with Gasteiger partial charge in [-0.05, 0) is 87.0 Å². The van der Waals surface area contributed by atoms with E-state index in [9.17, 15) is 4.79 Å². The number of ether oxygens (including phenoxy) is 2. The van der Waals surface area contributed by atoms with E-state index in [0.29, 0.717) is 25.4 Å². The zero-order valence-electron chi connectivity index (χ0n) is 23.4. The lowest BCUT2D eigenvalue weighted by Gasteiger charge is -2.31. The van der Waals surface area contributed by atoms with Gasteiger partial charge in [-0.25, -0.2) is 9.48 Å². The molecule has 5 aromatic rings. The number of hydrogen-bond acceptors (Lipinski definition) is 4. The molecule has 1 unspecified atom stereocenters. The molecule has 208 valence electrons. The number of carbonyl (C=O) groups is 1. The van der Waals surface area contributed by atoms with Gasteiger partial charge in [0.15, 0.2) is 0 Å². The number of carbonyl (C=O) groups excluding carboxylic acids is 1. The number of urea groups is 1. The second kappa shape index (κ2) is 11.3. The summed E-state index contributed by atoms with van der Waals surface area (Å²) in [5.74, 6) is 2.46. The van der Waals surface area contributed by atoms with Crippen LogP contribution in [0.15, 0.2) is 97.2 Å². The summed E-state index contributed by atoms with van der Waals surface area (Å²) in [6, 6.07) is 29.0. The monoisotopic (exact) mass is 547 g/mol. The molecule has 1 atom stereocenters. The standard InChI is InChI=1S/C33H33N5O3/c1-4-40-27-18-16-25(17-19-27)34-33(39)37-22-29-23(3)35-38(26-12-7-6-8-13-26)32(29)36-20-10-15-30(36)31(37)24-11-9-14-28(21-24)41-5-2/h6-21,31H,4-5,22H2,1-3H3,(H,34,39). The van der Waals surface area contributed by atoms with Crippen molar-refractivity contribution in [3.05, 3.63) is 120 Å². The van der Waals surface area contributed by atoms with Crippen molar-refractivity contribution in [2.45, 2.75) is 33.4 Å². The minimum absolute atomic E-state index is 0.214. The van der Waals surface area contributed by atoms with Crippen LogP contribution in [0, 0.1) is 6.92 Å². The van der Waals surface area contributed by atoms with Crippen molar-refractivity contribution < 1.29 is 14.3 Å². The summed E-state index contributed by atoms with van der Waals surface area (Å²) in [7, 11) is 0. The van der Waals surface area contributed by atoms with E-state index >= 15 is 0 Å². The molecule has 1 aliphatic rings. The minimum atomic E-state index is -0.385. The van der Waals surface area contributed by atoms with Crippen molar-refractivity contribution in [2.75, 3.05) is 18.5 Å². The molecule has 41 heavy (non-hydrogen) atoms. The van der Waals surface area contributed by atoms with Crippen LogP contribution < -0.4 is 14.8 Å². The van der Waals surface area contributed by atoms with Crippen LogP contribution >= 0.6 is 0 Å². The molecule has 8 heteroatoms. The Hall–Kier alpha value is -4.98. The van der Waals surface area contributed by atoms with E-state index in [1.165, 1.54) is 0 Å². The Labute approximate surface area is 239 Å². The average molecular weight is 548 g/mol. The molecule has 0 saturated heterocycles. The molecule has 0 bridgehead atoms. The lowest BCUT2D eigenvalue weighted by molar-refractivity contribution is 0.194. The second-order valence-corrected chi connectivity index (χ2v) is 9.86. The molecule has 0 radical (unpaired) electrons. The first-order valence-corrected chi connectivity index (χ1v) is 13.9. The van der Waals surface area contributed by atoms with Crippen LogP contribution in [0.4, 0.5) is 10.5 Å². The fourth-order valence-corrected chi connectivity index (χ4v) is 5.44. The molecule has 1 N–H and O–H groups in total. The van der Waals surface area contributed by atoms with Gasteiger partial charge in [0, 0.05) is 17.4 Å². The number of aromatic nitrogens is 3. The summed E-state index contributed by atoms with van der Waals surface area (Å²) >= 11 is 0. The topological polar surface area (TPSA) is 73.5 Å². The number of rotatable bonds is 7. The van der Waals surface area contributed by atoms with E-state index in [1.807, 2.05) is 121 Å². The molecule has 3 heterocycles. The van der Waals surface area contributed by atoms with Gasteiger partial charge in [0.25, 0.3) is 0 Å². The summed E-state index contributed by atoms with van der Waals surface area (Å²) in [6.07, 6.45) is 2.04. The van der Waals surface area contributed by atoms with E-state index in [0.717, 1.165) is 45.5 Å². The fourth-order valence-electron chi connectivity index (χ4n) is 5.44. The first-order chi connectivity index (χ1) is 20.1. The number of nitrogens with zero attached hydrogens (tertiary/aromatic N) is 4. The third kappa shape index (κ3) is 5.04. The van der Waals surface area contributed by atoms with Gasteiger partial charge in [0.1, 0.15) is 17.3 Å². The number of benzene rings is 3. The van der Waals surface area contributed by atoms with Gasteiger partial charge in [-0.15, -0.1) is 0 Å². The van der Waals surface area contributed by atoms with Crippen molar-refractivity contribution >= 4 is 11.7 Å². The Balaban J connectivity index is 1.48. The third-order valence-corrected chi connectivity index (χ3v) is 7.25. The molecule has 0 saturated carbocycles. The number of hydrogen-bond donors (Lipinski definition) is 1. The minimum Gasteiger partial charge on any atom is -0.494 e. The quantitative estimate of drug-likeness (QED) is 0.240. The van der Waals surface area contributed by atoms with Gasteiger partial charge in [-0.1, -0.05) is 30.3 Å². The molecule has 2 amide bonds. The first-order valence-electron chi connectivity index (χ1n) is 13.9. The van der Waals surface area contributed by atoms with Crippen LogP contribution in [0.25, 0.3) is 11.5 Å². The number of fused-ring (bicyclic) bond motifs is 3. The molecule has 1 aliphatic heterocycles. The summed E-state index contributed by atoms with van der Waals surface area (Å²) in [5, 5.41) is 8.05. The van der Waals surface area contributed by atoms with Crippen LogP contribution in [0.5, 0.6) is 11.5 Å². The molecule has 3 aromatic carbocycles. The van der Waals surface area contributed by atoms with E-state index in [-0.39, 0.29) is 12.1 Å². The first kappa shape index (κ1) is 26.3. The smallest absolute Gasteiger partial charge is 0.322 e. The van der Waals surface area contributed by atoms with Gasteiger partial charge in [0.05, 0.1) is 42.9 Å². The molecule has 2 aromatic heterocycles. The normalized spacial score (nSPS) is 14.1. The van der Waals surface area contributed by atoms with Crippen LogP contribution in [0.3, 0.4) is 0 Å². The molecule has 6 rings (SSSR count). The average Bonchev–Trinajstić information content (AvgIpc) is 3.55. The highest BCUT2D eigenvalue weighted by Gasteiger charge is 2.36. The second-order valence-electron chi connectivity index (χ2n) is 9.86. The third-order valence-electron chi connectivity index (χ3n) is 7.25. The molecular formula is C33H33N5O3. The Kier molecular flexibility index (Phi) is 7.20. The zero-order valence-corrected chi connectivity index (χ0v) is 23.4. The number of aryl methyl sites for hydroxylation is 1. The van der Waals surface area contributed by atoms with E-state index in [2.05, 4.69) is 16.0 Å². The van der Waals surface area contributed by atoms with Gasteiger partial charge in [-0.3, -0.25) is 0 Å². The lowest BCUT2D eigenvalue weighted by atomic mass is 10.0. The van der Waals surface area contributed by atoms with Crippen molar-refractivity contribution in [3.8, 4) is 23.0 Å². The SMILES string of the molecule is CCOc1ccc(NC(=O)N2Cc3c(C)nn(-c4ccccc4)c3-n3cccc3C2c2cccc(OCC)c2)cc1. The Morgan fingerprint density at radius 1 is 0.902 bits per heavy atom. The maximum atomic E-state index is 14.2. The predicted molar refractivity (Wildman–Crippen MR) is 159 cm³/mol. The van der Waals surface area contributed by atoms with Crippen LogP contribution in [-0.4, -0.2) is 38.5 Å². The number of para-hydroxylation sites is 1. The van der Waals surface area contributed by atoms with Gasteiger partial charge >= 0.3 is 6.03 Å². The highest BCUT2D eigenvalue weighted by molar-refractivity contribution is 5.90. The van der Waals surface area contributed by atoms with Crippen molar-refractivity contribution in [2.24, 2.45) is 0 Å². The molecule has 0 spiro atoms. The predicted octanol–water partition coefficient (Wildman–Crippen LogP) is 6.91. The number of nitrogens with one attached hydrogen (secondary N) is 1. The van der Waals surface area contributed by atoms with Crippen molar-refractivity contribution in [3.63, 3.8) is 0 Å². The fraction of sp³-hybridized carbons (Fsp3) is 0.212. The van der Waals surface area contributed by atoms with Crippen molar-refractivity contribution in [1.82, 2.24) is 19.2 Å². The molecular weight excluding hydrogens is 514 g/mol. The van der Waals surface area contributed by atoms with E-state index < -0.39 is 0 Å². The maximum Gasteiger partial charge on any atom is 0.322 e. The number of amides is 2. The summed E-state index contributed by atoms with van der Waals surface area (Å²) in [4.78, 5) is 16.0. The summed E-state index contributed by atoms with van der Waals surface area (Å²) < 4.78 is 15.6. The molecule has 0 aliphatic carbocycles. The molecule has 8 nitrogen and oxygen atoms in total. The molecule has 0 fully saturated rings. The van der Waals surface area contributed by atoms with Crippen LogP contribution in [0.2, 0.25) is 0 Å². The highest BCUT2D eigenvalue weighted by atomic mass is 16.5. The number of anilines is 1. The van der Waals surface area contributed by atoms with Gasteiger partial charge in [0.2, 0.25) is 0 Å².